The summed E-state index contributed by atoms with van der Waals surface area (Å²) in [4.78, 5) is 164. The normalized spacial score (nSPS) is 14.2. The van der Waals surface area contributed by atoms with Crippen LogP contribution in [0.15, 0.2) is 55.5 Å². The molecule has 0 unspecified atom stereocenters. The Morgan fingerprint density at radius 1 is 0.688 bits per heavy atom. The zero-order valence-corrected chi connectivity index (χ0v) is 46.4. The number of primary amides is 2. The van der Waals surface area contributed by atoms with Crippen molar-refractivity contribution in [2.75, 3.05) is 31.6 Å². The van der Waals surface area contributed by atoms with Gasteiger partial charge in [0.25, 0.3) is 0 Å². The number of imidazole rings is 2. The minimum Gasteiger partial charge on any atom is -0.370 e. The Hall–Kier alpha value is -8.34. The lowest BCUT2D eigenvalue weighted by molar-refractivity contribution is -0.135. The van der Waals surface area contributed by atoms with Gasteiger partial charge in [-0.3, -0.25) is 52.7 Å². The van der Waals surface area contributed by atoms with E-state index in [0.717, 1.165) is 10.9 Å². The molecular weight excluding hydrogens is 1060 g/mol. The van der Waals surface area contributed by atoms with E-state index in [1.807, 2.05) is 26.2 Å². The third kappa shape index (κ3) is 20.5. The van der Waals surface area contributed by atoms with Crippen molar-refractivity contribution in [3.63, 3.8) is 0 Å². The Bertz CT molecular complexity index is 2740. The topological polar surface area (TPSA) is 438 Å². The average molecular weight is 1130 g/mol. The Balaban J connectivity index is 1.48. The number of rotatable bonds is 35. The van der Waals surface area contributed by atoms with Crippen LogP contribution < -0.4 is 59.7 Å². The maximum atomic E-state index is 14.3. The molecule has 0 spiro atoms. The van der Waals surface area contributed by atoms with Crippen molar-refractivity contribution >= 4 is 88.1 Å². The van der Waals surface area contributed by atoms with Gasteiger partial charge in [0.2, 0.25) is 65.5 Å². The maximum Gasteiger partial charge on any atom is 0.243 e. The maximum absolute atomic E-state index is 14.3. The Labute approximate surface area is 466 Å². The molecule has 80 heavy (non-hydrogen) atoms. The number of H-pyrrole nitrogens is 3. The molecule has 0 saturated carbocycles. The first-order valence-corrected chi connectivity index (χ1v) is 27.3. The van der Waals surface area contributed by atoms with Crippen LogP contribution >= 0.6 is 11.8 Å². The fourth-order valence-electron chi connectivity index (χ4n) is 8.55. The van der Waals surface area contributed by atoms with Gasteiger partial charge in [0.1, 0.15) is 42.3 Å². The molecule has 0 radical (unpaired) electrons. The van der Waals surface area contributed by atoms with Crippen LogP contribution in [0.25, 0.3) is 10.9 Å². The summed E-state index contributed by atoms with van der Waals surface area (Å²) in [6.07, 6.45) is 9.33. The number of carbonyl (C=O) groups excluding carboxylic acids is 11. The number of aromatic amines is 3. The molecule has 436 valence electrons. The minimum absolute atomic E-state index is 0.0364. The molecule has 0 aliphatic rings. The Kier molecular flexibility index (Phi) is 25.6. The van der Waals surface area contributed by atoms with Gasteiger partial charge in [-0.15, -0.1) is 0 Å². The highest BCUT2D eigenvalue weighted by molar-refractivity contribution is 7.98. The van der Waals surface area contributed by atoms with Gasteiger partial charge >= 0.3 is 0 Å². The number of nitrogens with one attached hydrogen (secondary N) is 11. The average Bonchev–Trinajstić information content (AvgIpc) is 4.22. The summed E-state index contributed by atoms with van der Waals surface area (Å²) >= 11 is 1.48. The Morgan fingerprint density at radius 2 is 1.26 bits per heavy atom. The SMILES string of the molecule is CSCC[C@@H](C(N)=O)N(C=O)C[C@H](CC(C)C)NC(=O)[C@H](Cc1cnc[nH]1)NC(=O)CNC(=O)[C@@H](NC(=O)[C@H](C)NC(=O)[C@H](Cc1c[nH]c2ccccc12)NC(=O)[C@H](Cc1cnc[nH]1)NC(=O)[C@H](CC(N)=O)NC(=O)CN)C(C)C. The molecule has 1 aromatic carbocycles. The highest BCUT2D eigenvalue weighted by atomic mass is 32.2. The van der Waals surface area contributed by atoms with Gasteiger partial charge in [-0.1, -0.05) is 45.9 Å². The van der Waals surface area contributed by atoms with Crippen molar-refractivity contribution in [3.05, 3.63) is 72.5 Å². The van der Waals surface area contributed by atoms with Crippen LogP contribution in [0.3, 0.4) is 0 Å². The highest BCUT2D eigenvalue weighted by Crippen LogP contribution is 2.20. The number of hydrogen-bond donors (Lipinski definition) is 14. The van der Waals surface area contributed by atoms with E-state index in [4.69, 9.17) is 17.2 Å². The summed E-state index contributed by atoms with van der Waals surface area (Å²) in [6.45, 7) is 7.28. The molecule has 3 heterocycles. The van der Waals surface area contributed by atoms with Crippen LogP contribution in [0.2, 0.25) is 0 Å². The second-order valence-electron chi connectivity index (χ2n) is 19.9. The molecule has 0 aliphatic carbocycles. The minimum atomic E-state index is -1.51. The fraction of sp³-hybridized carbons (Fsp3) is 0.510. The van der Waals surface area contributed by atoms with Crippen molar-refractivity contribution < 1.29 is 52.7 Å². The lowest BCUT2D eigenvalue weighted by Crippen LogP contribution is -2.60. The number of nitrogens with two attached hydrogens (primary N) is 3. The van der Waals surface area contributed by atoms with Crippen LogP contribution in [-0.4, -0.2) is 175 Å². The monoisotopic (exact) mass is 1130 g/mol. The third-order valence-electron chi connectivity index (χ3n) is 12.6. The predicted molar refractivity (Wildman–Crippen MR) is 295 cm³/mol. The zero-order chi connectivity index (χ0) is 59.1. The lowest BCUT2D eigenvalue weighted by Gasteiger charge is -2.32. The summed E-state index contributed by atoms with van der Waals surface area (Å²) < 4.78 is 0. The summed E-state index contributed by atoms with van der Waals surface area (Å²) in [7, 11) is 0. The molecule has 28 nitrogen and oxygen atoms in total. The summed E-state index contributed by atoms with van der Waals surface area (Å²) in [6, 6.07) is -2.53. The first-order valence-electron chi connectivity index (χ1n) is 25.9. The molecule has 0 saturated heterocycles. The fourth-order valence-corrected chi connectivity index (χ4v) is 9.01. The summed E-state index contributed by atoms with van der Waals surface area (Å²) in [5.74, 6) is -8.03. The number of hydrogen-bond acceptors (Lipinski definition) is 15. The first kappa shape index (κ1) is 64.2. The molecule has 8 atom stereocenters. The van der Waals surface area contributed by atoms with Crippen LogP contribution in [0.1, 0.15) is 70.8 Å². The molecular formula is C51H75N17O11S. The summed E-state index contributed by atoms with van der Waals surface area (Å²) in [5, 5.41) is 21.5. The van der Waals surface area contributed by atoms with Gasteiger partial charge in [-0.2, -0.15) is 11.8 Å². The zero-order valence-electron chi connectivity index (χ0n) is 45.6. The van der Waals surface area contributed by atoms with E-state index < -0.39 is 133 Å². The molecule has 3 aromatic heterocycles. The van der Waals surface area contributed by atoms with Crippen LogP contribution in [0, 0.1) is 11.8 Å². The number of fused-ring (bicyclic) bond motifs is 1. The Morgan fingerprint density at radius 3 is 1.81 bits per heavy atom. The number of aromatic nitrogens is 5. The van der Waals surface area contributed by atoms with Crippen molar-refractivity contribution in [1.82, 2.24) is 72.4 Å². The number of benzene rings is 1. The van der Waals surface area contributed by atoms with Gasteiger partial charge < -0.3 is 79.6 Å². The van der Waals surface area contributed by atoms with Crippen molar-refractivity contribution in [3.8, 4) is 0 Å². The van der Waals surface area contributed by atoms with Gasteiger partial charge in [-0.05, 0) is 55.2 Å². The third-order valence-corrected chi connectivity index (χ3v) is 13.3. The van der Waals surface area contributed by atoms with E-state index in [-0.39, 0.29) is 31.7 Å². The molecule has 4 rings (SSSR count). The van der Waals surface area contributed by atoms with E-state index in [9.17, 15) is 52.7 Å². The second kappa shape index (κ2) is 31.9. The standard InChI is InChI=1S/C51H75N17O11S/c1-27(2)13-33(23-68(26-69)40(45(54)73)11-12-80-6)62-48(76)37(15-31-20-55-24-59-31)64-43(72)22-58-51(79)44(28(3)4)67-46(74)29(5)61-47(75)36(14-30-19-57-35-10-8-7-9-34(30)35)65-49(77)38(16-32-21-56-25-60-32)66-50(78)39(17-41(53)70)63-42(71)18-52/h7-10,19-21,24-29,33,36-40,44,57H,11-18,22-23,52H2,1-6H3,(H2,53,70)(H2,54,73)(H,55,59)(H,56,60)(H,58,79)(H,61,75)(H,62,76)(H,63,71)(H,64,72)(H,65,77)(H,66,78)(H,67,74)/t29-,33-,36-,37-,38-,39-,40-,44-/m0/s1. The van der Waals surface area contributed by atoms with E-state index in [0.29, 0.717) is 42.0 Å². The number of nitrogens with zero attached hydrogens (tertiary/aromatic N) is 3. The second-order valence-corrected chi connectivity index (χ2v) is 20.9. The molecule has 17 N–H and O–H groups in total. The molecule has 0 aliphatic heterocycles. The van der Waals surface area contributed by atoms with Gasteiger partial charge in [0, 0.05) is 72.7 Å². The smallest absolute Gasteiger partial charge is 0.243 e. The van der Waals surface area contributed by atoms with Crippen LogP contribution in [0.4, 0.5) is 0 Å². The van der Waals surface area contributed by atoms with Gasteiger partial charge in [-0.25, -0.2) is 9.97 Å². The molecule has 0 fully saturated rings. The highest BCUT2D eigenvalue weighted by Gasteiger charge is 2.35. The van der Waals surface area contributed by atoms with Crippen LogP contribution in [0.5, 0.6) is 0 Å². The molecule has 4 aromatic rings. The molecule has 0 bridgehead atoms. The number of para-hydroxylation sites is 1. The van der Waals surface area contributed by atoms with Gasteiger partial charge in [0.05, 0.1) is 32.2 Å². The molecule has 11 amide bonds. The predicted octanol–water partition coefficient (Wildman–Crippen LogP) is -3.23. The largest absolute Gasteiger partial charge is 0.370 e. The van der Waals surface area contributed by atoms with Crippen molar-refractivity contribution in [2.45, 2.75) is 121 Å². The first-order chi connectivity index (χ1) is 38.0. The van der Waals surface area contributed by atoms with Crippen molar-refractivity contribution in [1.29, 1.82) is 0 Å². The van der Waals surface area contributed by atoms with E-state index >= 15 is 0 Å². The summed E-state index contributed by atoms with van der Waals surface area (Å²) in [5.41, 5.74) is 18.6. The van der Waals surface area contributed by atoms with Gasteiger partial charge in [0.15, 0.2) is 0 Å². The number of amides is 11. The van der Waals surface area contributed by atoms with E-state index in [2.05, 4.69) is 67.5 Å². The van der Waals surface area contributed by atoms with E-state index in [1.165, 1.54) is 48.6 Å². The number of carbonyl (C=O) groups is 11. The lowest BCUT2D eigenvalue weighted by atomic mass is 10.0. The quantitative estimate of drug-likeness (QED) is 0.0202. The molecule has 29 heteroatoms. The van der Waals surface area contributed by atoms with Crippen molar-refractivity contribution in [2.24, 2.45) is 29.0 Å². The van der Waals surface area contributed by atoms with Crippen LogP contribution in [-0.2, 0) is 72.0 Å². The number of thioether (sulfide) groups is 1. The van der Waals surface area contributed by atoms with E-state index in [1.54, 1.807) is 38.2 Å².